The van der Waals surface area contributed by atoms with Crippen LogP contribution in [-0.2, 0) is 20.9 Å². The highest BCUT2D eigenvalue weighted by Crippen LogP contribution is 2.32. The Labute approximate surface area is 239 Å². The van der Waals surface area contributed by atoms with E-state index in [1.807, 2.05) is 12.1 Å². The van der Waals surface area contributed by atoms with E-state index in [1.165, 1.54) is 0 Å². The first-order chi connectivity index (χ1) is 20.0. The van der Waals surface area contributed by atoms with Crippen molar-refractivity contribution in [1.82, 2.24) is 25.1 Å². The molecule has 7 rings (SSSR count). The fourth-order valence-corrected chi connectivity index (χ4v) is 6.80. The third kappa shape index (κ3) is 4.73. The number of thiophene rings is 1. The van der Waals surface area contributed by atoms with E-state index in [-0.39, 0.29) is 18.7 Å². The summed E-state index contributed by atoms with van der Waals surface area (Å²) in [5, 5.41) is 4.29. The van der Waals surface area contributed by atoms with Crippen molar-refractivity contribution in [3.63, 3.8) is 0 Å². The van der Waals surface area contributed by atoms with Crippen LogP contribution in [0.4, 0.5) is 11.8 Å². The third-order valence-corrected chi connectivity index (χ3v) is 9.05. The number of carbonyl (C=O) groups is 4. The first-order valence-electron chi connectivity index (χ1n) is 13.9. The molecule has 212 valence electrons. The molecule has 6 heterocycles. The van der Waals surface area contributed by atoms with Gasteiger partial charge in [0.1, 0.15) is 6.04 Å². The summed E-state index contributed by atoms with van der Waals surface area (Å²) < 4.78 is 6.60. The van der Waals surface area contributed by atoms with Gasteiger partial charge in [-0.3, -0.25) is 34.3 Å². The number of imide groups is 2. The average Bonchev–Trinajstić information content (AvgIpc) is 3.56. The lowest BCUT2D eigenvalue weighted by molar-refractivity contribution is -0.136. The van der Waals surface area contributed by atoms with Crippen LogP contribution in [0.15, 0.2) is 29.6 Å². The van der Waals surface area contributed by atoms with Crippen molar-refractivity contribution in [1.29, 1.82) is 0 Å². The zero-order chi connectivity index (χ0) is 28.1. The molecule has 3 saturated heterocycles. The number of rotatable bonds is 5. The molecule has 13 heteroatoms. The smallest absolute Gasteiger partial charge is 0.262 e. The third-order valence-electron chi connectivity index (χ3n) is 8.15. The average molecular weight is 576 g/mol. The highest BCUT2D eigenvalue weighted by Gasteiger charge is 2.44. The molecule has 4 aliphatic heterocycles. The predicted octanol–water partition coefficient (Wildman–Crippen LogP) is 1.25. The van der Waals surface area contributed by atoms with Gasteiger partial charge in [0.25, 0.3) is 11.8 Å². The van der Waals surface area contributed by atoms with E-state index in [1.54, 1.807) is 23.5 Å². The number of morpholine rings is 1. The summed E-state index contributed by atoms with van der Waals surface area (Å²) in [6.07, 6.45) is 0.244. The summed E-state index contributed by atoms with van der Waals surface area (Å²) in [7, 11) is 0. The minimum absolute atomic E-state index is 0.0998. The Bertz CT molecular complexity index is 1560. The van der Waals surface area contributed by atoms with Crippen LogP contribution in [0.25, 0.3) is 10.2 Å². The molecule has 12 nitrogen and oxygen atoms in total. The molecule has 3 fully saturated rings. The highest BCUT2D eigenvalue weighted by molar-refractivity contribution is 7.17. The molecule has 0 radical (unpaired) electrons. The van der Waals surface area contributed by atoms with Crippen molar-refractivity contribution in [3.05, 3.63) is 46.3 Å². The van der Waals surface area contributed by atoms with Gasteiger partial charge in [-0.25, -0.2) is 4.98 Å². The number of benzene rings is 1. The van der Waals surface area contributed by atoms with Crippen LogP contribution in [0.1, 0.15) is 39.1 Å². The predicted molar refractivity (Wildman–Crippen MR) is 151 cm³/mol. The lowest BCUT2D eigenvalue weighted by Crippen LogP contribution is -2.54. The number of piperidine rings is 1. The maximum Gasteiger partial charge on any atom is 0.262 e. The number of hydrogen-bond acceptors (Lipinski definition) is 11. The summed E-state index contributed by atoms with van der Waals surface area (Å²) in [5.41, 5.74) is 2.51. The molecule has 0 saturated carbocycles. The Morgan fingerprint density at radius 2 is 1.68 bits per heavy atom. The van der Waals surface area contributed by atoms with Crippen molar-refractivity contribution in [2.24, 2.45) is 0 Å². The number of anilines is 2. The van der Waals surface area contributed by atoms with Gasteiger partial charge in [0.2, 0.25) is 17.8 Å². The number of aromatic nitrogens is 2. The van der Waals surface area contributed by atoms with Crippen LogP contribution in [0, 0.1) is 0 Å². The van der Waals surface area contributed by atoms with Crippen molar-refractivity contribution in [3.8, 4) is 0 Å². The first kappa shape index (κ1) is 26.0. The molecular weight excluding hydrogens is 546 g/mol. The molecule has 1 unspecified atom stereocenters. The lowest BCUT2D eigenvalue weighted by atomic mass is 10.0. The molecule has 41 heavy (non-hydrogen) atoms. The quantitative estimate of drug-likeness (QED) is 0.444. The fraction of sp³-hybridized carbons (Fsp3) is 0.429. The summed E-state index contributed by atoms with van der Waals surface area (Å²) in [6.45, 7) is 6.79. The topological polar surface area (TPSA) is 128 Å². The summed E-state index contributed by atoms with van der Waals surface area (Å²) in [5.74, 6) is -0.231. The second-order valence-corrected chi connectivity index (χ2v) is 11.6. The van der Waals surface area contributed by atoms with E-state index in [0.29, 0.717) is 30.9 Å². The molecule has 0 bridgehead atoms. The molecule has 1 atom stereocenters. The van der Waals surface area contributed by atoms with Gasteiger partial charge in [0.05, 0.1) is 34.6 Å². The van der Waals surface area contributed by atoms with Crippen molar-refractivity contribution < 1.29 is 23.9 Å². The largest absolute Gasteiger partial charge is 0.378 e. The van der Waals surface area contributed by atoms with Gasteiger partial charge in [-0.15, -0.1) is 11.3 Å². The van der Waals surface area contributed by atoms with E-state index in [9.17, 15) is 19.2 Å². The number of ether oxygens (including phenoxy) is 1. The minimum atomic E-state index is -0.961. The number of amides is 4. The second kappa shape index (κ2) is 10.5. The monoisotopic (exact) mass is 575 g/mol. The highest BCUT2D eigenvalue weighted by atomic mass is 32.1. The lowest BCUT2D eigenvalue weighted by Gasteiger charge is -2.36. The summed E-state index contributed by atoms with van der Waals surface area (Å²) in [6, 6.07) is 6.40. The van der Waals surface area contributed by atoms with Gasteiger partial charge in [0.15, 0.2) is 5.82 Å². The van der Waals surface area contributed by atoms with E-state index in [4.69, 9.17) is 14.7 Å². The van der Waals surface area contributed by atoms with Crippen LogP contribution in [-0.4, -0.2) is 102 Å². The zero-order valence-corrected chi connectivity index (χ0v) is 23.2. The zero-order valence-electron chi connectivity index (χ0n) is 22.4. The second-order valence-electron chi connectivity index (χ2n) is 10.7. The Morgan fingerprint density at radius 1 is 0.902 bits per heavy atom. The molecule has 3 aromatic rings. The van der Waals surface area contributed by atoms with Gasteiger partial charge >= 0.3 is 0 Å². The summed E-state index contributed by atoms with van der Waals surface area (Å²) >= 11 is 1.66. The van der Waals surface area contributed by atoms with Crippen LogP contribution in [0.5, 0.6) is 0 Å². The molecule has 1 N–H and O–H groups in total. The fourth-order valence-electron chi connectivity index (χ4n) is 5.95. The van der Waals surface area contributed by atoms with Crippen molar-refractivity contribution in [2.45, 2.75) is 25.4 Å². The number of piperazine rings is 1. The van der Waals surface area contributed by atoms with E-state index in [2.05, 4.69) is 25.4 Å². The van der Waals surface area contributed by atoms with Gasteiger partial charge < -0.3 is 14.5 Å². The van der Waals surface area contributed by atoms with Crippen LogP contribution in [0.2, 0.25) is 0 Å². The SMILES string of the molecule is O=C1CCC(N2C(=O)c3ccc(CN4CCN(c5nc(N6CCOCC6)nc6ccsc56)CC4)cc3C2=O)C(=O)N1. The Kier molecular flexibility index (Phi) is 6.64. The van der Waals surface area contributed by atoms with Gasteiger partial charge in [-0.1, -0.05) is 6.07 Å². The molecule has 0 aliphatic carbocycles. The first-order valence-corrected chi connectivity index (χ1v) is 14.7. The maximum atomic E-state index is 13.2. The van der Waals surface area contributed by atoms with Crippen molar-refractivity contribution in [2.75, 3.05) is 62.3 Å². The number of nitrogens with one attached hydrogen (secondary N) is 1. The molecule has 4 aliphatic rings. The molecule has 0 spiro atoms. The Balaban J connectivity index is 1.03. The maximum absolute atomic E-state index is 13.2. The molecule has 4 amide bonds. The number of hydrogen-bond donors (Lipinski definition) is 1. The van der Waals surface area contributed by atoms with E-state index in [0.717, 1.165) is 71.7 Å². The number of nitrogens with zero attached hydrogens (tertiary/aromatic N) is 6. The van der Waals surface area contributed by atoms with Crippen LogP contribution in [0.3, 0.4) is 0 Å². The summed E-state index contributed by atoms with van der Waals surface area (Å²) in [4.78, 5) is 67.7. The minimum Gasteiger partial charge on any atom is -0.378 e. The van der Waals surface area contributed by atoms with E-state index < -0.39 is 23.8 Å². The number of fused-ring (bicyclic) bond motifs is 2. The molecule has 2 aromatic heterocycles. The standard InChI is InChI=1S/C28H29N7O5S/c36-22-4-3-21(25(37)30-22)35-26(38)18-2-1-17(15-19(18)27(35)39)16-32-6-8-33(9-7-32)24-23-20(5-14-41-23)29-28(31-24)34-10-12-40-13-11-34/h1-2,5,14-15,21H,3-4,6-13,16H2,(H,30,36,37). The van der Waals surface area contributed by atoms with Gasteiger partial charge in [0, 0.05) is 52.2 Å². The van der Waals surface area contributed by atoms with Crippen LogP contribution < -0.4 is 15.1 Å². The van der Waals surface area contributed by atoms with Crippen LogP contribution >= 0.6 is 11.3 Å². The van der Waals surface area contributed by atoms with Crippen molar-refractivity contribution >= 4 is 56.9 Å². The normalized spacial score (nSPS) is 22.0. The van der Waals surface area contributed by atoms with E-state index >= 15 is 0 Å². The van der Waals surface area contributed by atoms with Gasteiger partial charge in [-0.05, 0) is 35.6 Å². The molecular formula is C28H29N7O5S. The Morgan fingerprint density at radius 3 is 2.46 bits per heavy atom. The van der Waals surface area contributed by atoms with Gasteiger partial charge in [-0.2, -0.15) is 4.98 Å². The number of carbonyl (C=O) groups excluding carboxylic acids is 4. The Hall–Kier alpha value is -3.94. The molecule has 1 aromatic carbocycles.